The molecule has 1 N–H and O–H groups in total. The standard InChI is InChI=1S/C24H31ClN2O2/c1-4-18(3)26-24(29)22(5-2)27(15-14-19-10-7-6-8-11-19)23(28)17-20-12-9-13-21(25)16-20/h6-13,16,18,22H,4-5,14-15,17H2,1-3H3,(H,26,29)/t18-,22-/m1/s1. The highest BCUT2D eigenvalue weighted by Gasteiger charge is 2.28. The second-order valence-corrected chi connectivity index (χ2v) is 7.81. The van der Waals surface area contributed by atoms with E-state index in [0.29, 0.717) is 24.4 Å². The van der Waals surface area contributed by atoms with Crippen LogP contribution < -0.4 is 5.32 Å². The number of nitrogens with one attached hydrogen (secondary N) is 1. The average Bonchev–Trinajstić information content (AvgIpc) is 2.71. The highest BCUT2D eigenvalue weighted by atomic mass is 35.5. The second-order valence-electron chi connectivity index (χ2n) is 7.37. The lowest BCUT2D eigenvalue weighted by Crippen LogP contribution is -2.52. The zero-order chi connectivity index (χ0) is 21.2. The van der Waals surface area contributed by atoms with E-state index in [1.165, 1.54) is 0 Å². The Morgan fingerprint density at radius 2 is 1.69 bits per heavy atom. The first-order valence-electron chi connectivity index (χ1n) is 10.3. The molecule has 2 atom stereocenters. The number of halogens is 1. The molecule has 4 nitrogen and oxygen atoms in total. The number of carbonyl (C=O) groups is 2. The van der Waals surface area contributed by atoms with Crippen molar-refractivity contribution in [3.63, 3.8) is 0 Å². The van der Waals surface area contributed by atoms with Gasteiger partial charge in [-0.25, -0.2) is 0 Å². The SMILES string of the molecule is CC[C@@H](C)NC(=O)[C@@H](CC)N(CCc1ccccc1)C(=O)Cc1cccc(Cl)c1. The van der Waals surface area contributed by atoms with Crippen LogP contribution >= 0.6 is 11.6 Å². The second kappa shape index (κ2) is 11.6. The minimum absolute atomic E-state index is 0.0608. The Balaban J connectivity index is 2.20. The van der Waals surface area contributed by atoms with Gasteiger partial charge in [-0.15, -0.1) is 0 Å². The van der Waals surface area contributed by atoms with E-state index in [1.807, 2.05) is 63.2 Å². The lowest BCUT2D eigenvalue weighted by Gasteiger charge is -2.31. The number of nitrogens with zero attached hydrogens (tertiary/aromatic N) is 1. The summed E-state index contributed by atoms with van der Waals surface area (Å²) in [4.78, 5) is 27.8. The normalized spacial score (nSPS) is 12.8. The molecule has 0 aliphatic heterocycles. The molecule has 0 aromatic heterocycles. The number of benzene rings is 2. The molecule has 29 heavy (non-hydrogen) atoms. The van der Waals surface area contributed by atoms with Gasteiger partial charge in [0.1, 0.15) is 6.04 Å². The fourth-order valence-electron chi connectivity index (χ4n) is 3.26. The molecule has 2 rings (SSSR count). The van der Waals surface area contributed by atoms with E-state index in [1.54, 1.807) is 17.0 Å². The van der Waals surface area contributed by atoms with Crippen LogP contribution in [0.5, 0.6) is 0 Å². The van der Waals surface area contributed by atoms with Gasteiger partial charge < -0.3 is 10.2 Å². The van der Waals surface area contributed by atoms with E-state index in [0.717, 1.165) is 17.5 Å². The Kier molecular flexibility index (Phi) is 9.20. The molecule has 156 valence electrons. The zero-order valence-electron chi connectivity index (χ0n) is 17.5. The first-order chi connectivity index (χ1) is 13.9. The van der Waals surface area contributed by atoms with Crippen molar-refractivity contribution in [1.82, 2.24) is 10.2 Å². The van der Waals surface area contributed by atoms with E-state index >= 15 is 0 Å². The van der Waals surface area contributed by atoms with Gasteiger partial charge in [0.2, 0.25) is 11.8 Å². The van der Waals surface area contributed by atoms with Crippen LogP contribution in [0.3, 0.4) is 0 Å². The first kappa shape index (κ1) is 23.0. The fourth-order valence-corrected chi connectivity index (χ4v) is 3.47. The Bertz CT molecular complexity index is 794. The summed E-state index contributed by atoms with van der Waals surface area (Å²) in [5, 5.41) is 3.64. The third kappa shape index (κ3) is 7.21. The summed E-state index contributed by atoms with van der Waals surface area (Å²) in [7, 11) is 0. The van der Waals surface area contributed by atoms with E-state index in [4.69, 9.17) is 11.6 Å². The number of amides is 2. The number of carbonyl (C=O) groups excluding carboxylic acids is 2. The van der Waals surface area contributed by atoms with E-state index < -0.39 is 6.04 Å². The molecular weight excluding hydrogens is 384 g/mol. The van der Waals surface area contributed by atoms with Gasteiger partial charge in [-0.05, 0) is 49.4 Å². The van der Waals surface area contributed by atoms with Crippen molar-refractivity contribution in [3.05, 3.63) is 70.7 Å². The van der Waals surface area contributed by atoms with Crippen LogP contribution in [-0.4, -0.2) is 35.3 Å². The summed E-state index contributed by atoms with van der Waals surface area (Å²) >= 11 is 6.07. The minimum atomic E-state index is -0.487. The summed E-state index contributed by atoms with van der Waals surface area (Å²) in [6.45, 7) is 6.45. The molecule has 2 amide bonds. The number of rotatable bonds is 10. The molecule has 0 fully saturated rings. The molecule has 0 aliphatic carbocycles. The van der Waals surface area contributed by atoms with Crippen molar-refractivity contribution in [2.45, 2.75) is 58.5 Å². The number of hydrogen-bond acceptors (Lipinski definition) is 2. The van der Waals surface area contributed by atoms with Crippen molar-refractivity contribution in [3.8, 4) is 0 Å². The lowest BCUT2D eigenvalue weighted by molar-refractivity contribution is -0.140. The summed E-state index contributed by atoms with van der Waals surface area (Å²) in [6.07, 6.45) is 2.35. The van der Waals surface area contributed by atoms with E-state index in [2.05, 4.69) is 5.32 Å². The predicted molar refractivity (Wildman–Crippen MR) is 119 cm³/mol. The summed E-state index contributed by atoms with van der Waals surface area (Å²) < 4.78 is 0. The average molecular weight is 415 g/mol. The van der Waals surface area contributed by atoms with Crippen LogP contribution in [0.4, 0.5) is 0 Å². The van der Waals surface area contributed by atoms with Gasteiger partial charge in [0.05, 0.1) is 6.42 Å². The van der Waals surface area contributed by atoms with Gasteiger partial charge in [0.15, 0.2) is 0 Å². The largest absolute Gasteiger partial charge is 0.352 e. The molecule has 0 radical (unpaired) electrons. The monoisotopic (exact) mass is 414 g/mol. The van der Waals surface area contributed by atoms with Crippen molar-refractivity contribution in [1.29, 1.82) is 0 Å². The molecule has 5 heteroatoms. The molecule has 0 aliphatic rings. The summed E-state index contributed by atoms with van der Waals surface area (Å²) in [6, 6.07) is 16.9. The van der Waals surface area contributed by atoms with Gasteiger partial charge in [0, 0.05) is 17.6 Å². The van der Waals surface area contributed by atoms with Crippen LogP contribution in [-0.2, 0) is 22.4 Å². The third-order valence-corrected chi connectivity index (χ3v) is 5.35. The van der Waals surface area contributed by atoms with Crippen molar-refractivity contribution in [2.75, 3.05) is 6.54 Å². The van der Waals surface area contributed by atoms with Crippen LogP contribution in [0.25, 0.3) is 0 Å². The third-order valence-electron chi connectivity index (χ3n) is 5.12. The molecule has 2 aromatic carbocycles. The van der Waals surface area contributed by atoms with Crippen molar-refractivity contribution >= 4 is 23.4 Å². The number of hydrogen-bond donors (Lipinski definition) is 1. The Morgan fingerprint density at radius 1 is 1.00 bits per heavy atom. The topological polar surface area (TPSA) is 49.4 Å². The van der Waals surface area contributed by atoms with Gasteiger partial charge >= 0.3 is 0 Å². The van der Waals surface area contributed by atoms with E-state index in [9.17, 15) is 9.59 Å². The van der Waals surface area contributed by atoms with Crippen molar-refractivity contribution in [2.24, 2.45) is 0 Å². The highest BCUT2D eigenvalue weighted by molar-refractivity contribution is 6.30. The maximum Gasteiger partial charge on any atom is 0.243 e. The summed E-state index contributed by atoms with van der Waals surface area (Å²) in [5.74, 6) is -0.149. The molecule has 0 bridgehead atoms. The highest BCUT2D eigenvalue weighted by Crippen LogP contribution is 2.15. The summed E-state index contributed by atoms with van der Waals surface area (Å²) in [5.41, 5.74) is 2.00. The fraction of sp³-hybridized carbons (Fsp3) is 0.417. The smallest absolute Gasteiger partial charge is 0.243 e. The van der Waals surface area contributed by atoms with Crippen LogP contribution in [0, 0.1) is 0 Å². The minimum Gasteiger partial charge on any atom is -0.352 e. The zero-order valence-corrected chi connectivity index (χ0v) is 18.3. The van der Waals surface area contributed by atoms with Gasteiger partial charge in [0.25, 0.3) is 0 Å². The maximum absolute atomic E-state index is 13.2. The van der Waals surface area contributed by atoms with Gasteiger partial charge in [-0.1, -0.05) is 67.9 Å². The van der Waals surface area contributed by atoms with E-state index in [-0.39, 0.29) is 24.3 Å². The Hall–Kier alpha value is -2.33. The van der Waals surface area contributed by atoms with Crippen LogP contribution in [0.15, 0.2) is 54.6 Å². The Morgan fingerprint density at radius 3 is 2.31 bits per heavy atom. The Labute approximate surface area is 179 Å². The predicted octanol–water partition coefficient (Wildman–Crippen LogP) is 4.65. The van der Waals surface area contributed by atoms with Gasteiger partial charge in [-0.3, -0.25) is 9.59 Å². The lowest BCUT2D eigenvalue weighted by atomic mass is 10.1. The maximum atomic E-state index is 13.2. The molecule has 0 heterocycles. The quantitative estimate of drug-likeness (QED) is 0.615. The van der Waals surface area contributed by atoms with Gasteiger partial charge in [-0.2, -0.15) is 0 Å². The molecule has 0 spiro atoms. The van der Waals surface area contributed by atoms with Crippen LogP contribution in [0.1, 0.15) is 44.7 Å². The molecule has 0 unspecified atom stereocenters. The molecule has 0 saturated carbocycles. The molecule has 2 aromatic rings. The van der Waals surface area contributed by atoms with Crippen molar-refractivity contribution < 1.29 is 9.59 Å². The van der Waals surface area contributed by atoms with Crippen LogP contribution in [0.2, 0.25) is 5.02 Å². The molecular formula is C24H31ClN2O2. The first-order valence-corrected chi connectivity index (χ1v) is 10.7. The molecule has 0 saturated heterocycles.